The second kappa shape index (κ2) is 7.24. The fourth-order valence-electron chi connectivity index (χ4n) is 1.53. The highest BCUT2D eigenvalue weighted by molar-refractivity contribution is 5.79. The molecule has 0 aromatic carbocycles. The molecule has 5 heteroatoms. The molecule has 0 spiro atoms. The number of carboxylic acids is 1. The van der Waals surface area contributed by atoms with Crippen molar-refractivity contribution < 1.29 is 19.4 Å². The van der Waals surface area contributed by atoms with Gasteiger partial charge in [-0.15, -0.1) is 0 Å². The molecule has 5 nitrogen and oxygen atoms in total. The minimum Gasteiger partial charge on any atom is -0.480 e. The molecule has 0 bridgehead atoms. The van der Waals surface area contributed by atoms with Gasteiger partial charge in [-0.2, -0.15) is 0 Å². The molecule has 0 heterocycles. The summed E-state index contributed by atoms with van der Waals surface area (Å²) in [7, 11) is 1.47. The molecule has 0 aliphatic heterocycles. The van der Waals surface area contributed by atoms with E-state index in [4.69, 9.17) is 9.84 Å². The third-order valence-electron chi connectivity index (χ3n) is 2.52. The zero-order valence-electron chi connectivity index (χ0n) is 12.0. The summed E-state index contributed by atoms with van der Waals surface area (Å²) in [5.41, 5.74) is -0.613. The summed E-state index contributed by atoms with van der Waals surface area (Å²) < 4.78 is 5.16. The molecule has 0 saturated heterocycles. The lowest BCUT2D eigenvalue weighted by Crippen LogP contribution is -2.44. The number of rotatable bonds is 6. The van der Waals surface area contributed by atoms with Gasteiger partial charge in [0.15, 0.2) is 0 Å². The van der Waals surface area contributed by atoms with Crippen LogP contribution in [0, 0.1) is 0 Å². The molecule has 0 aromatic heterocycles. The summed E-state index contributed by atoms with van der Waals surface area (Å²) in [6.07, 6.45) is 2.64. The zero-order valence-corrected chi connectivity index (χ0v) is 12.0. The quantitative estimate of drug-likeness (QED) is 0.745. The average molecular weight is 259 g/mol. The molecule has 0 saturated carbocycles. The van der Waals surface area contributed by atoms with Crippen LogP contribution in [0.5, 0.6) is 0 Å². The van der Waals surface area contributed by atoms with Crippen LogP contribution in [0.25, 0.3) is 0 Å². The monoisotopic (exact) mass is 259 g/mol. The maximum Gasteiger partial charge on any atom is 0.410 e. The van der Waals surface area contributed by atoms with Gasteiger partial charge in [-0.05, 0) is 27.2 Å². The number of ether oxygens (including phenoxy) is 1. The van der Waals surface area contributed by atoms with Crippen LogP contribution in [-0.4, -0.2) is 40.8 Å². The van der Waals surface area contributed by atoms with E-state index in [2.05, 4.69) is 0 Å². The molecule has 0 unspecified atom stereocenters. The van der Waals surface area contributed by atoms with Crippen LogP contribution in [0.4, 0.5) is 4.79 Å². The molecule has 1 N–H and O–H groups in total. The van der Waals surface area contributed by atoms with Gasteiger partial charge in [0.2, 0.25) is 0 Å². The van der Waals surface area contributed by atoms with Crippen molar-refractivity contribution in [3.8, 4) is 0 Å². The summed E-state index contributed by atoms with van der Waals surface area (Å²) in [6.45, 7) is 7.32. The number of aliphatic carboxylic acids is 1. The lowest BCUT2D eigenvalue weighted by Gasteiger charge is -2.28. The van der Waals surface area contributed by atoms with Crippen molar-refractivity contribution in [1.29, 1.82) is 0 Å². The van der Waals surface area contributed by atoms with E-state index in [-0.39, 0.29) is 0 Å². The first-order valence-corrected chi connectivity index (χ1v) is 6.37. The molecule has 1 atom stereocenters. The molecular formula is C13H25NO4. The molecule has 1 amide bonds. The Morgan fingerprint density at radius 2 is 1.83 bits per heavy atom. The first-order chi connectivity index (χ1) is 8.19. The number of carboxylic acid groups (broad SMARTS) is 1. The van der Waals surface area contributed by atoms with Gasteiger partial charge in [0.25, 0.3) is 0 Å². The van der Waals surface area contributed by atoms with Gasteiger partial charge >= 0.3 is 12.1 Å². The first kappa shape index (κ1) is 16.7. The van der Waals surface area contributed by atoms with Gasteiger partial charge in [-0.3, -0.25) is 4.90 Å². The van der Waals surface area contributed by atoms with Crippen molar-refractivity contribution in [2.75, 3.05) is 7.05 Å². The normalized spacial score (nSPS) is 12.9. The van der Waals surface area contributed by atoms with Crippen molar-refractivity contribution in [3.63, 3.8) is 0 Å². The fourth-order valence-corrected chi connectivity index (χ4v) is 1.53. The number of amides is 1. The first-order valence-electron chi connectivity index (χ1n) is 6.37. The number of hydrogen-bond acceptors (Lipinski definition) is 3. The van der Waals surface area contributed by atoms with Gasteiger partial charge in [0, 0.05) is 7.05 Å². The van der Waals surface area contributed by atoms with Crippen LogP contribution in [0.15, 0.2) is 0 Å². The number of likely N-dealkylation sites (N-methyl/N-ethyl adjacent to an activating group) is 1. The summed E-state index contributed by atoms with van der Waals surface area (Å²) in [5.74, 6) is -0.987. The molecular weight excluding hydrogens is 234 g/mol. The summed E-state index contributed by atoms with van der Waals surface area (Å²) in [4.78, 5) is 24.1. The number of carbonyl (C=O) groups is 2. The molecule has 106 valence electrons. The molecule has 0 radical (unpaired) electrons. The van der Waals surface area contributed by atoms with Crippen LogP contribution in [0.3, 0.4) is 0 Å². The Labute approximate surface area is 109 Å². The summed E-state index contributed by atoms with van der Waals surface area (Å²) >= 11 is 0. The number of hydrogen-bond donors (Lipinski definition) is 1. The molecule has 18 heavy (non-hydrogen) atoms. The third-order valence-corrected chi connectivity index (χ3v) is 2.52. The highest BCUT2D eigenvalue weighted by Gasteiger charge is 2.29. The maximum absolute atomic E-state index is 11.8. The van der Waals surface area contributed by atoms with E-state index >= 15 is 0 Å². The molecule has 0 aromatic rings. The third kappa shape index (κ3) is 6.47. The Morgan fingerprint density at radius 1 is 1.28 bits per heavy atom. The van der Waals surface area contributed by atoms with Gasteiger partial charge in [-0.1, -0.05) is 26.2 Å². The van der Waals surface area contributed by atoms with Crippen molar-refractivity contribution in [2.45, 2.75) is 65.0 Å². The lowest BCUT2D eigenvalue weighted by molar-refractivity contribution is -0.143. The zero-order chi connectivity index (χ0) is 14.3. The van der Waals surface area contributed by atoms with Crippen LogP contribution in [-0.2, 0) is 9.53 Å². The standard InChI is InChI=1S/C13H25NO4/c1-6-7-8-9-10(11(15)16)14(5)12(17)18-13(2,3)4/h10H,6-9H2,1-5H3,(H,15,16)/t10-/m0/s1. The van der Waals surface area contributed by atoms with E-state index in [9.17, 15) is 9.59 Å². The second-order valence-corrected chi connectivity index (χ2v) is 5.44. The predicted octanol–water partition coefficient (Wildman–Crippen LogP) is 2.89. The van der Waals surface area contributed by atoms with Crippen molar-refractivity contribution in [1.82, 2.24) is 4.90 Å². The van der Waals surface area contributed by atoms with Gasteiger partial charge in [-0.25, -0.2) is 9.59 Å². The average Bonchev–Trinajstić information content (AvgIpc) is 2.20. The number of nitrogens with zero attached hydrogens (tertiary/aromatic N) is 1. The Balaban J connectivity index is 4.51. The minimum absolute atomic E-state index is 0.457. The Hall–Kier alpha value is -1.26. The minimum atomic E-state index is -0.987. The number of unbranched alkanes of at least 4 members (excludes halogenated alkanes) is 2. The molecule has 0 rings (SSSR count). The van der Waals surface area contributed by atoms with Crippen molar-refractivity contribution >= 4 is 12.1 Å². The van der Waals surface area contributed by atoms with Crippen LogP contribution >= 0.6 is 0 Å². The highest BCUT2D eigenvalue weighted by Crippen LogP contribution is 2.14. The van der Waals surface area contributed by atoms with Crippen molar-refractivity contribution in [3.05, 3.63) is 0 Å². The predicted molar refractivity (Wildman–Crippen MR) is 69.6 cm³/mol. The van der Waals surface area contributed by atoms with Crippen molar-refractivity contribution in [2.24, 2.45) is 0 Å². The molecule has 0 fully saturated rings. The van der Waals surface area contributed by atoms with Crippen LogP contribution < -0.4 is 0 Å². The maximum atomic E-state index is 11.8. The van der Waals surface area contributed by atoms with E-state index in [1.807, 2.05) is 6.92 Å². The van der Waals surface area contributed by atoms with E-state index in [0.29, 0.717) is 6.42 Å². The lowest BCUT2D eigenvalue weighted by atomic mass is 10.1. The molecule has 0 aliphatic rings. The summed E-state index contributed by atoms with van der Waals surface area (Å²) in [5, 5.41) is 9.14. The fraction of sp³-hybridized carbons (Fsp3) is 0.846. The van der Waals surface area contributed by atoms with Crippen LogP contribution in [0.2, 0.25) is 0 Å². The van der Waals surface area contributed by atoms with E-state index < -0.39 is 23.7 Å². The Bertz CT molecular complexity index is 283. The largest absolute Gasteiger partial charge is 0.480 e. The highest BCUT2D eigenvalue weighted by atomic mass is 16.6. The van der Waals surface area contributed by atoms with Gasteiger partial charge in [0.05, 0.1) is 0 Å². The van der Waals surface area contributed by atoms with Gasteiger partial charge in [0.1, 0.15) is 11.6 Å². The SMILES string of the molecule is CCCCC[C@@H](C(=O)O)N(C)C(=O)OC(C)(C)C. The van der Waals surface area contributed by atoms with Crippen LogP contribution in [0.1, 0.15) is 53.4 Å². The van der Waals surface area contributed by atoms with Gasteiger partial charge < -0.3 is 9.84 Å². The Morgan fingerprint density at radius 3 is 2.22 bits per heavy atom. The van der Waals surface area contributed by atoms with E-state index in [0.717, 1.165) is 19.3 Å². The number of carbonyl (C=O) groups excluding carboxylic acids is 1. The smallest absolute Gasteiger partial charge is 0.410 e. The second-order valence-electron chi connectivity index (χ2n) is 5.44. The van der Waals surface area contributed by atoms with E-state index in [1.54, 1.807) is 20.8 Å². The topological polar surface area (TPSA) is 66.8 Å². The Kier molecular flexibility index (Phi) is 6.73. The summed E-state index contributed by atoms with van der Waals surface area (Å²) in [6, 6.07) is -0.814. The van der Waals surface area contributed by atoms with E-state index in [1.165, 1.54) is 11.9 Å². The molecule has 0 aliphatic carbocycles.